The lowest BCUT2D eigenvalue weighted by molar-refractivity contribution is 0.444. The zero-order valence-corrected chi connectivity index (χ0v) is 10.7. The van der Waals surface area contributed by atoms with Crippen LogP contribution in [-0.2, 0) is 0 Å². The molecule has 0 aliphatic heterocycles. The van der Waals surface area contributed by atoms with Crippen LogP contribution >= 0.6 is 0 Å². The fourth-order valence-corrected chi connectivity index (χ4v) is 2.71. The van der Waals surface area contributed by atoms with Crippen LogP contribution in [0.4, 0.5) is 0 Å². The van der Waals surface area contributed by atoms with E-state index in [2.05, 4.69) is 48.7 Å². The van der Waals surface area contributed by atoms with Gasteiger partial charge in [-0.2, -0.15) is 0 Å². The molecule has 3 rings (SSSR count). The lowest BCUT2D eigenvalue weighted by Crippen LogP contribution is -2.09. The molecule has 1 aliphatic carbocycles. The summed E-state index contributed by atoms with van der Waals surface area (Å²) >= 11 is 0. The normalized spacial score (nSPS) is 17.6. The van der Waals surface area contributed by atoms with E-state index >= 15 is 0 Å². The quantitative estimate of drug-likeness (QED) is 0.677. The van der Waals surface area contributed by atoms with Crippen LogP contribution in [0.5, 0.6) is 0 Å². The molecule has 0 aromatic heterocycles. The first-order valence-electron chi connectivity index (χ1n) is 6.94. The molecule has 0 heterocycles. The van der Waals surface area contributed by atoms with E-state index in [9.17, 15) is 0 Å². The van der Waals surface area contributed by atoms with Gasteiger partial charge in [-0.1, -0.05) is 55.7 Å². The highest BCUT2D eigenvalue weighted by molar-refractivity contribution is 5.90. The predicted octanol–water partition coefficient (Wildman–Crippen LogP) is 4.59. The molecule has 1 nitrogen and oxygen atoms in total. The van der Waals surface area contributed by atoms with Gasteiger partial charge < -0.3 is 0 Å². The number of rotatable bonds is 2. The van der Waals surface area contributed by atoms with Crippen molar-refractivity contribution in [1.29, 1.82) is 0 Å². The lowest BCUT2D eigenvalue weighted by atomic mass is 9.96. The Morgan fingerprint density at radius 3 is 2.50 bits per heavy atom. The number of fused-ring (bicyclic) bond motifs is 1. The molecule has 0 radical (unpaired) electrons. The zero-order valence-electron chi connectivity index (χ0n) is 10.7. The van der Waals surface area contributed by atoms with E-state index in [-0.39, 0.29) is 0 Å². The Morgan fingerprint density at radius 1 is 0.889 bits per heavy atom. The van der Waals surface area contributed by atoms with E-state index in [0.29, 0.717) is 6.04 Å². The molecule has 18 heavy (non-hydrogen) atoms. The first kappa shape index (κ1) is 11.5. The van der Waals surface area contributed by atoms with E-state index < -0.39 is 0 Å². The second-order valence-corrected chi connectivity index (χ2v) is 5.18. The molecule has 0 N–H and O–H groups in total. The Bertz CT molecular complexity index is 550. The van der Waals surface area contributed by atoms with Gasteiger partial charge in [0.25, 0.3) is 0 Å². The number of aliphatic imine (C=N–C) groups is 1. The molecule has 0 saturated heterocycles. The maximum atomic E-state index is 4.74. The summed E-state index contributed by atoms with van der Waals surface area (Å²) in [5.41, 5.74) is 1.22. The number of hydrogen-bond acceptors (Lipinski definition) is 1. The van der Waals surface area contributed by atoms with Gasteiger partial charge in [-0.15, -0.1) is 0 Å². The third-order valence-corrected chi connectivity index (χ3v) is 3.78. The van der Waals surface area contributed by atoms with Crippen LogP contribution in [0.1, 0.15) is 37.7 Å². The highest BCUT2D eigenvalue weighted by Crippen LogP contribution is 2.20. The molecule has 2 aromatic carbocycles. The van der Waals surface area contributed by atoms with Gasteiger partial charge in [-0.25, -0.2) is 0 Å². The molecule has 1 heteroatoms. The first-order valence-corrected chi connectivity index (χ1v) is 6.94. The van der Waals surface area contributed by atoms with Crippen molar-refractivity contribution < 1.29 is 0 Å². The average molecular weight is 237 g/mol. The Balaban J connectivity index is 1.79. The number of nitrogens with zero attached hydrogens (tertiary/aromatic N) is 1. The Labute approximate surface area is 109 Å². The Hall–Kier alpha value is -1.63. The van der Waals surface area contributed by atoms with Crippen LogP contribution < -0.4 is 0 Å². The zero-order chi connectivity index (χ0) is 12.2. The molecule has 2 aromatic rings. The first-order chi connectivity index (χ1) is 8.92. The van der Waals surface area contributed by atoms with E-state index in [1.54, 1.807) is 0 Å². The van der Waals surface area contributed by atoms with Gasteiger partial charge >= 0.3 is 0 Å². The molecular formula is C17H19N. The van der Waals surface area contributed by atoms with Crippen molar-refractivity contribution in [3.05, 3.63) is 48.0 Å². The lowest BCUT2D eigenvalue weighted by Gasteiger charge is -2.17. The van der Waals surface area contributed by atoms with Gasteiger partial charge in [0, 0.05) is 12.3 Å². The highest BCUT2D eigenvalue weighted by Gasteiger charge is 2.10. The van der Waals surface area contributed by atoms with Crippen LogP contribution in [0.2, 0.25) is 0 Å². The monoisotopic (exact) mass is 237 g/mol. The standard InChI is InChI=1S/C17H19N/c1-2-8-17(9-3-1)18-13-14-10-11-15-6-4-5-7-16(15)12-14/h4-7,10-13,17H,1-3,8-9H2. The summed E-state index contributed by atoms with van der Waals surface area (Å²) in [5, 5.41) is 2.59. The molecule has 92 valence electrons. The van der Waals surface area contributed by atoms with E-state index in [1.807, 2.05) is 0 Å². The summed E-state index contributed by atoms with van der Waals surface area (Å²) in [6.07, 6.45) is 8.68. The molecule has 0 amide bonds. The molecule has 0 spiro atoms. The second-order valence-electron chi connectivity index (χ2n) is 5.18. The van der Waals surface area contributed by atoms with Gasteiger partial charge in [-0.3, -0.25) is 4.99 Å². The van der Waals surface area contributed by atoms with Gasteiger partial charge in [0.05, 0.1) is 0 Å². The van der Waals surface area contributed by atoms with Crippen LogP contribution in [0.3, 0.4) is 0 Å². The van der Waals surface area contributed by atoms with Crippen molar-refractivity contribution in [3.63, 3.8) is 0 Å². The largest absolute Gasteiger partial charge is 0.289 e. The Kier molecular flexibility index (Phi) is 3.40. The molecule has 0 bridgehead atoms. The minimum atomic E-state index is 0.560. The molecular weight excluding hydrogens is 218 g/mol. The van der Waals surface area contributed by atoms with Crippen LogP contribution in [0.25, 0.3) is 10.8 Å². The number of hydrogen-bond donors (Lipinski definition) is 0. The van der Waals surface area contributed by atoms with Gasteiger partial charge in [0.1, 0.15) is 0 Å². The van der Waals surface area contributed by atoms with Gasteiger partial charge in [0.2, 0.25) is 0 Å². The van der Waals surface area contributed by atoms with Crippen LogP contribution in [0, 0.1) is 0 Å². The average Bonchev–Trinajstić information content (AvgIpc) is 2.46. The Morgan fingerprint density at radius 2 is 1.67 bits per heavy atom. The maximum absolute atomic E-state index is 4.74. The summed E-state index contributed by atoms with van der Waals surface area (Å²) in [7, 11) is 0. The van der Waals surface area contributed by atoms with Gasteiger partial charge in [-0.05, 0) is 35.2 Å². The van der Waals surface area contributed by atoms with Crippen LogP contribution in [-0.4, -0.2) is 12.3 Å². The summed E-state index contributed by atoms with van der Waals surface area (Å²) in [6.45, 7) is 0. The van der Waals surface area contributed by atoms with Crippen molar-refractivity contribution in [2.45, 2.75) is 38.1 Å². The molecule has 0 atom stereocenters. The van der Waals surface area contributed by atoms with Crippen molar-refractivity contribution in [2.24, 2.45) is 4.99 Å². The fourth-order valence-electron chi connectivity index (χ4n) is 2.71. The minimum absolute atomic E-state index is 0.560. The van der Waals surface area contributed by atoms with Crippen molar-refractivity contribution in [1.82, 2.24) is 0 Å². The van der Waals surface area contributed by atoms with Crippen molar-refractivity contribution in [3.8, 4) is 0 Å². The molecule has 1 fully saturated rings. The smallest absolute Gasteiger partial charge is 0.0499 e. The summed E-state index contributed by atoms with van der Waals surface area (Å²) in [6, 6.07) is 15.6. The molecule has 1 saturated carbocycles. The van der Waals surface area contributed by atoms with E-state index in [1.165, 1.54) is 48.4 Å². The van der Waals surface area contributed by atoms with Crippen molar-refractivity contribution in [2.75, 3.05) is 0 Å². The van der Waals surface area contributed by atoms with E-state index in [0.717, 1.165) is 0 Å². The third-order valence-electron chi connectivity index (χ3n) is 3.78. The minimum Gasteiger partial charge on any atom is -0.289 e. The topological polar surface area (TPSA) is 12.4 Å². The van der Waals surface area contributed by atoms with Crippen LogP contribution in [0.15, 0.2) is 47.5 Å². The summed E-state index contributed by atoms with van der Waals surface area (Å²) < 4.78 is 0. The summed E-state index contributed by atoms with van der Waals surface area (Å²) in [4.78, 5) is 4.74. The van der Waals surface area contributed by atoms with Gasteiger partial charge in [0.15, 0.2) is 0 Å². The second kappa shape index (κ2) is 5.34. The maximum Gasteiger partial charge on any atom is 0.0499 e. The van der Waals surface area contributed by atoms with E-state index in [4.69, 9.17) is 4.99 Å². The predicted molar refractivity (Wildman–Crippen MR) is 78.4 cm³/mol. The molecule has 0 unspecified atom stereocenters. The SMILES string of the molecule is C(=NC1CCCCC1)c1ccc2ccccc2c1. The fraction of sp³-hybridized carbons (Fsp3) is 0.353. The third kappa shape index (κ3) is 2.61. The summed E-state index contributed by atoms with van der Waals surface area (Å²) in [5.74, 6) is 0. The molecule has 1 aliphatic rings. The highest BCUT2D eigenvalue weighted by atomic mass is 14.8. The number of benzene rings is 2. The van der Waals surface area contributed by atoms with Crippen molar-refractivity contribution >= 4 is 17.0 Å².